The molecule has 0 aliphatic carbocycles. The van der Waals surface area contributed by atoms with Gasteiger partial charge in [-0.1, -0.05) is 0 Å². The van der Waals surface area contributed by atoms with E-state index in [1.165, 1.54) is 6.26 Å². The Labute approximate surface area is 152 Å². The second-order valence-corrected chi connectivity index (χ2v) is 6.41. The molecule has 2 aromatic rings. The van der Waals surface area contributed by atoms with Crippen LogP contribution in [0, 0.1) is 6.92 Å². The number of aromatic nitrogens is 2. The smallest absolute Gasteiger partial charge is 0.290 e. The summed E-state index contributed by atoms with van der Waals surface area (Å²) >= 11 is 0. The highest BCUT2D eigenvalue weighted by Crippen LogP contribution is 2.27. The molecule has 8 heteroatoms. The Morgan fingerprint density at radius 2 is 2.23 bits per heavy atom. The highest BCUT2D eigenvalue weighted by molar-refractivity contribution is 5.93. The van der Waals surface area contributed by atoms with Gasteiger partial charge in [0.1, 0.15) is 5.82 Å². The zero-order valence-corrected chi connectivity index (χ0v) is 15.3. The maximum absolute atomic E-state index is 12.8. The Balaban J connectivity index is 1.69. The standard InChI is InChI=1S/C18H24N4O4/c1-12-4-8-26-16(12)18(24)22-7-6-21-11-14(20-17(21)13(22)2)10-15(23)19-5-9-25-3/h4,8,11,13H,5-7,9-10H2,1-3H3,(H,19,23)/t13-/m1/s1. The lowest BCUT2D eigenvalue weighted by Crippen LogP contribution is -2.41. The monoisotopic (exact) mass is 360 g/mol. The maximum atomic E-state index is 12.8. The van der Waals surface area contributed by atoms with Crippen molar-refractivity contribution >= 4 is 11.8 Å². The van der Waals surface area contributed by atoms with E-state index in [2.05, 4.69) is 10.3 Å². The van der Waals surface area contributed by atoms with Gasteiger partial charge in [0.15, 0.2) is 5.76 Å². The Kier molecular flexibility index (Phi) is 5.41. The van der Waals surface area contributed by atoms with Crippen LogP contribution in [0.1, 0.15) is 40.6 Å². The van der Waals surface area contributed by atoms with Crippen LogP contribution in [0.2, 0.25) is 0 Å². The molecule has 0 unspecified atom stereocenters. The SMILES string of the molecule is COCCNC(=O)Cc1cn2c(n1)[C@@H](C)N(C(=O)c1occc1C)CC2. The summed E-state index contributed by atoms with van der Waals surface area (Å²) in [6.07, 6.45) is 3.63. The number of methoxy groups -OCH3 is 1. The van der Waals surface area contributed by atoms with E-state index in [0.29, 0.717) is 37.7 Å². The molecule has 0 spiro atoms. The van der Waals surface area contributed by atoms with Gasteiger partial charge < -0.3 is 23.9 Å². The van der Waals surface area contributed by atoms with Gasteiger partial charge in [-0.25, -0.2) is 4.98 Å². The molecule has 8 nitrogen and oxygen atoms in total. The van der Waals surface area contributed by atoms with Gasteiger partial charge in [-0.3, -0.25) is 9.59 Å². The Bertz CT molecular complexity index is 795. The maximum Gasteiger partial charge on any atom is 0.290 e. The number of aryl methyl sites for hydroxylation is 1. The van der Waals surface area contributed by atoms with E-state index in [0.717, 1.165) is 11.4 Å². The van der Waals surface area contributed by atoms with E-state index in [4.69, 9.17) is 9.15 Å². The molecule has 1 atom stereocenters. The zero-order chi connectivity index (χ0) is 18.7. The fourth-order valence-electron chi connectivity index (χ4n) is 3.15. The highest BCUT2D eigenvalue weighted by Gasteiger charge is 2.32. The predicted molar refractivity (Wildman–Crippen MR) is 93.7 cm³/mol. The van der Waals surface area contributed by atoms with E-state index in [1.54, 1.807) is 18.1 Å². The van der Waals surface area contributed by atoms with Gasteiger partial charge in [0.25, 0.3) is 5.91 Å². The Hall–Kier alpha value is -2.61. The largest absolute Gasteiger partial charge is 0.459 e. The van der Waals surface area contributed by atoms with Crippen molar-refractivity contribution < 1.29 is 18.7 Å². The van der Waals surface area contributed by atoms with Gasteiger partial charge in [0, 0.05) is 38.5 Å². The average Bonchev–Trinajstić information content (AvgIpc) is 3.21. The lowest BCUT2D eigenvalue weighted by atomic mass is 10.1. The zero-order valence-electron chi connectivity index (χ0n) is 15.3. The number of imidazole rings is 1. The van der Waals surface area contributed by atoms with Crippen LogP contribution in [0.4, 0.5) is 0 Å². The predicted octanol–water partition coefficient (Wildman–Crippen LogP) is 1.31. The molecule has 0 radical (unpaired) electrons. The number of nitrogens with one attached hydrogen (secondary N) is 1. The molecule has 1 aliphatic rings. The Morgan fingerprint density at radius 3 is 2.92 bits per heavy atom. The molecule has 1 aliphatic heterocycles. The normalized spacial score (nSPS) is 16.4. The molecular formula is C18H24N4O4. The van der Waals surface area contributed by atoms with Crippen molar-refractivity contribution in [3.8, 4) is 0 Å². The number of rotatable bonds is 6. The first-order valence-corrected chi connectivity index (χ1v) is 8.68. The number of furan rings is 1. The number of carbonyl (C=O) groups is 2. The van der Waals surface area contributed by atoms with Crippen molar-refractivity contribution in [1.29, 1.82) is 0 Å². The first-order chi connectivity index (χ1) is 12.5. The molecule has 2 amide bonds. The molecule has 3 heterocycles. The second-order valence-electron chi connectivity index (χ2n) is 6.41. The summed E-state index contributed by atoms with van der Waals surface area (Å²) in [5.74, 6) is 0.931. The van der Waals surface area contributed by atoms with Crippen molar-refractivity contribution in [1.82, 2.24) is 19.8 Å². The van der Waals surface area contributed by atoms with Crippen LogP contribution in [-0.4, -0.2) is 53.1 Å². The molecule has 2 aromatic heterocycles. The molecule has 0 fully saturated rings. The third kappa shape index (κ3) is 3.65. The van der Waals surface area contributed by atoms with E-state index in [1.807, 2.05) is 24.6 Å². The lowest BCUT2D eigenvalue weighted by molar-refractivity contribution is -0.120. The highest BCUT2D eigenvalue weighted by atomic mass is 16.5. The number of amides is 2. The van der Waals surface area contributed by atoms with E-state index in [9.17, 15) is 9.59 Å². The summed E-state index contributed by atoms with van der Waals surface area (Å²) in [7, 11) is 1.59. The van der Waals surface area contributed by atoms with E-state index < -0.39 is 0 Å². The fourth-order valence-corrected chi connectivity index (χ4v) is 3.15. The first kappa shape index (κ1) is 18.2. The molecule has 140 valence electrons. The molecular weight excluding hydrogens is 336 g/mol. The number of hydrogen-bond acceptors (Lipinski definition) is 5. The number of hydrogen-bond donors (Lipinski definition) is 1. The number of nitrogens with zero attached hydrogens (tertiary/aromatic N) is 3. The minimum Gasteiger partial charge on any atom is -0.459 e. The fraction of sp³-hybridized carbons (Fsp3) is 0.500. The third-order valence-corrected chi connectivity index (χ3v) is 4.57. The number of ether oxygens (including phenoxy) is 1. The van der Waals surface area contributed by atoms with Gasteiger partial charge in [0.2, 0.25) is 5.91 Å². The molecule has 0 saturated heterocycles. The van der Waals surface area contributed by atoms with Gasteiger partial charge in [-0.05, 0) is 19.9 Å². The summed E-state index contributed by atoms with van der Waals surface area (Å²) < 4.78 is 12.3. The molecule has 3 rings (SSSR count). The molecule has 0 saturated carbocycles. The number of carbonyl (C=O) groups excluding carboxylic acids is 2. The summed E-state index contributed by atoms with van der Waals surface area (Å²) in [5, 5.41) is 2.79. The second kappa shape index (κ2) is 7.74. The summed E-state index contributed by atoms with van der Waals surface area (Å²) in [6.45, 7) is 5.96. The first-order valence-electron chi connectivity index (χ1n) is 8.68. The van der Waals surface area contributed by atoms with E-state index in [-0.39, 0.29) is 24.3 Å². The Morgan fingerprint density at radius 1 is 1.42 bits per heavy atom. The van der Waals surface area contributed by atoms with Gasteiger partial charge in [-0.15, -0.1) is 0 Å². The van der Waals surface area contributed by atoms with Crippen molar-refractivity contribution in [2.75, 3.05) is 26.8 Å². The van der Waals surface area contributed by atoms with Crippen molar-refractivity contribution in [3.63, 3.8) is 0 Å². The molecule has 26 heavy (non-hydrogen) atoms. The van der Waals surface area contributed by atoms with Gasteiger partial charge in [-0.2, -0.15) is 0 Å². The lowest BCUT2D eigenvalue weighted by Gasteiger charge is -2.33. The van der Waals surface area contributed by atoms with E-state index >= 15 is 0 Å². The van der Waals surface area contributed by atoms with Crippen molar-refractivity contribution in [3.05, 3.63) is 41.4 Å². The molecule has 0 aromatic carbocycles. The van der Waals surface area contributed by atoms with Crippen molar-refractivity contribution in [2.24, 2.45) is 0 Å². The van der Waals surface area contributed by atoms with Crippen LogP contribution in [0.3, 0.4) is 0 Å². The third-order valence-electron chi connectivity index (χ3n) is 4.57. The van der Waals surface area contributed by atoms with Gasteiger partial charge in [0.05, 0.1) is 31.0 Å². The van der Waals surface area contributed by atoms with Crippen LogP contribution < -0.4 is 5.32 Å². The van der Waals surface area contributed by atoms with Gasteiger partial charge >= 0.3 is 0 Å². The molecule has 1 N–H and O–H groups in total. The minimum absolute atomic E-state index is 0.0932. The summed E-state index contributed by atoms with van der Waals surface area (Å²) in [5.41, 5.74) is 1.52. The summed E-state index contributed by atoms with van der Waals surface area (Å²) in [6, 6.07) is 1.59. The minimum atomic E-state index is -0.189. The van der Waals surface area contributed by atoms with Crippen LogP contribution in [0.25, 0.3) is 0 Å². The number of fused-ring (bicyclic) bond motifs is 1. The van der Waals surface area contributed by atoms with Crippen LogP contribution in [-0.2, 0) is 22.5 Å². The summed E-state index contributed by atoms with van der Waals surface area (Å²) in [4.78, 5) is 31.0. The quantitative estimate of drug-likeness (QED) is 0.785. The van der Waals surface area contributed by atoms with Crippen molar-refractivity contribution in [2.45, 2.75) is 32.9 Å². The average molecular weight is 360 g/mol. The van der Waals surface area contributed by atoms with Crippen LogP contribution >= 0.6 is 0 Å². The van der Waals surface area contributed by atoms with Crippen LogP contribution in [0.5, 0.6) is 0 Å². The topological polar surface area (TPSA) is 89.6 Å². The van der Waals surface area contributed by atoms with Crippen LogP contribution in [0.15, 0.2) is 22.9 Å². The molecule has 0 bridgehead atoms.